The fraction of sp³-hybridized carbons (Fsp3) is 0.571. The summed E-state index contributed by atoms with van der Waals surface area (Å²) in [5, 5.41) is 2.81. The van der Waals surface area contributed by atoms with E-state index in [0.29, 0.717) is 13.2 Å². The standard InChI is InChI=1S/C35H53N3O3S.BrH/c1-5-6-7-8-9-10-11-12-13-14-15-16-22-41-34-24-31(20-21-33(34)40-4)27-38(35(39)36-3)32-19-17-18-30(23-32)26-37-25-29(2)42-28-37;/h17-21,23-25H,5-16,22,26-28H2,1-4H3,(H,36,39);1H. The number of thioether (sulfide) groups is 1. The molecule has 3 rings (SSSR count). The Balaban J connectivity index is 0.00000645. The van der Waals surface area contributed by atoms with E-state index >= 15 is 0 Å². The molecule has 1 aliphatic rings. The van der Waals surface area contributed by atoms with Gasteiger partial charge in [-0.25, -0.2) is 4.79 Å². The largest absolute Gasteiger partial charge is 0.493 e. The quantitative estimate of drug-likeness (QED) is 0.142. The third-order valence-electron chi connectivity index (χ3n) is 7.71. The van der Waals surface area contributed by atoms with Crippen LogP contribution in [0, 0.1) is 0 Å². The van der Waals surface area contributed by atoms with E-state index in [4.69, 9.17) is 9.47 Å². The van der Waals surface area contributed by atoms with Gasteiger partial charge >= 0.3 is 6.03 Å². The highest BCUT2D eigenvalue weighted by molar-refractivity contribution is 8.93. The van der Waals surface area contributed by atoms with Crippen molar-refractivity contribution in [3.63, 3.8) is 0 Å². The van der Waals surface area contributed by atoms with E-state index < -0.39 is 0 Å². The zero-order valence-corrected chi connectivity index (χ0v) is 29.4. The zero-order valence-electron chi connectivity index (χ0n) is 26.9. The number of anilines is 1. The first kappa shape index (κ1) is 36.9. The second kappa shape index (κ2) is 21.4. The highest BCUT2D eigenvalue weighted by atomic mass is 79.9. The van der Waals surface area contributed by atoms with E-state index in [1.54, 1.807) is 19.1 Å². The summed E-state index contributed by atoms with van der Waals surface area (Å²) in [6.45, 7) is 6.33. The first-order valence-electron chi connectivity index (χ1n) is 16.0. The summed E-state index contributed by atoms with van der Waals surface area (Å²) in [6, 6.07) is 14.0. The van der Waals surface area contributed by atoms with E-state index in [0.717, 1.165) is 41.6 Å². The molecule has 0 saturated heterocycles. The van der Waals surface area contributed by atoms with Crippen LogP contribution in [0.15, 0.2) is 53.6 Å². The molecular formula is C35H54BrN3O3S. The number of methoxy groups -OCH3 is 1. The van der Waals surface area contributed by atoms with Crippen LogP contribution in [0.25, 0.3) is 0 Å². The van der Waals surface area contributed by atoms with Gasteiger partial charge in [-0.3, -0.25) is 4.90 Å². The number of carbonyl (C=O) groups excluding carboxylic acids is 1. The Hall–Kier alpha value is -2.32. The minimum atomic E-state index is -0.144. The van der Waals surface area contributed by atoms with Gasteiger partial charge in [0.1, 0.15) is 0 Å². The summed E-state index contributed by atoms with van der Waals surface area (Å²) in [6.07, 6.45) is 18.0. The van der Waals surface area contributed by atoms with Gasteiger partial charge < -0.3 is 19.7 Å². The number of carbonyl (C=O) groups is 1. The minimum absolute atomic E-state index is 0. The molecule has 8 heteroatoms. The lowest BCUT2D eigenvalue weighted by molar-refractivity contribution is 0.248. The van der Waals surface area contributed by atoms with Gasteiger partial charge in [0, 0.05) is 25.5 Å². The molecule has 2 aromatic rings. The third-order valence-corrected chi connectivity index (χ3v) is 8.74. The van der Waals surface area contributed by atoms with Crippen LogP contribution in [0.1, 0.15) is 102 Å². The molecule has 1 heterocycles. The molecule has 0 spiro atoms. The number of nitrogens with zero attached hydrogens (tertiary/aromatic N) is 2. The average molecular weight is 677 g/mol. The number of nitrogens with one attached hydrogen (secondary N) is 1. The molecular weight excluding hydrogens is 622 g/mol. The number of unbranched alkanes of at least 4 members (excludes halogenated alkanes) is 11. The fourth-order valence-electron chi connectivity index (χ4n) is 5.32. The van der Waals surface area contributed by atoms with Crippen LogP contribution >= 0.6 is 28.7 Å². The number of ether oxygens (including phenoxy) is 2. The molecule has 0 aromatic heterocycles. The van der Waals surface area contributed by atoms with Gasteiger partial charge in [-0.05, 0) is 53.6 Å². The molecule has 43 heavy (non-hydrogen) atoms. The lowest BCUT2D eigenvalue weighted by Crippen LogP contribution is -2.37. The Kier molecular flexibility index (Phi) is 18.3. The molecule has 0 saturated carbocycles. The Bertz CT molecular complexity index is 1110. The molecule has 6 nitrogen and oxygen atoms in total. The zero-order chi connectivity index (χ0) is 30.0. The van der Waals surface area contributed by atoms with Gasteiger partial charge in [-0.2, -0.15) is 0 Å². The maximum atomic E-state index is 13.0. The van der Waals surface area contributed by atoms with Crippen molar-refractivity contribution in [1.82, 2.24) is 10.2 Å². The summed E-state index contributed by atoms with van der Waals surface area (Å²) in [7, 11) is 3.34. The van der Waals surface area contributed by atoms with E-state index in [9.17, 15) is 4.79 Å². The molecule has 1 N–H and O–H groups in total. The lowest BCUT2D eigenvalue weighted by Gasteiger charge is -2.24. The van der Waals surface area contributed by atoms with Gasteiger partial charge in [-0.15, -0.1) is 28.7 Å². The summed E-state index contributed by atoms with van der Waals surface area (Å²) in [5.74, 6) is 2.42. The van der Waals surface area contributed by atoms with Crippen LogP contribution in [0.5, 0.6) is 11.5 Å². The van der Waals surface area contributed by atoms with Crippen molar-refractivity contribution in [2.45, 2.75) is 104 Å². The van der Waals surface area contributed by atoms with Crippen molar-refractivity contribution in [3.05, 3.63) is 64.7 Å². The Morgan fingerprint density at radius 2 is 1.58 bits per heavy atom. The second-order valence-electron chi connectivity index (χ2n) is 11.3. The number of halogens is 1. The third kappa shape index (κ3) is 13.5. The first-order valence-corrected chi connectivity index (χ1v) is 17.0. The molecule has 0 aliphatic carbocycles. The number of allylic oxidation sites excluding steroid dienone is 1. The number of amides is 2. The Morgan fingerprint density at radius 1 is 0.907 bits per heavy atom. The van der Waals surface area contributed by atoms with Crippen LogP contribution in [-0.4, -0.2) is 37.6 Å². The summed E-state index contributed by atoms with van der Waals surface area (Å²) in [4.78, 5) is 18.4. The summed E-state index contributed by atoms with van der Waals surface area (Å²) < 4.78 is 11.8. The van der Waals surface area contributed by atoms with Crippen LogP contribution in [0.3, 0.4) is 0 Å². The number of benzene rings is 2. The molecule has 0 atom stereocenters. The van der Waals surface area contributed by atoms with E-state index in [1.807, 2.05) is 42.1 Å². The number of hydrogen-bond donors (Lipinski definition) is 1. The molecule has 0 fully saturated rings. The summed E-state index contributed by atoms with van der Waals surface area (Å²) >= 11 is 1.85. The SMILES string of the molecule is Br.CCCCCCCCCCCCCCOc1cc(CN(C(=O)NC)c2cccc(CN3C=C(C)SC3)c2)ccc1OC. The minimum Gasteiger partial charge on any atom is -0.493 e. The van der Waals surface area contributed by atoms with Crippen molar-refractivity contribution < 1.29 is 14.3 Å². The second-order valence-corrected chi connectivity index (χ2v) is 12.5. The van der Waals surface area contributed by atoms with Gasteiger partial charge in [0.2, 0.25) is 0 Å². The highest BCUT2D eigenvalue weighted by Crippen LogP contribution is 2.31. The maximum absolute atomic E-state index is 13.0. The molecule has 0 unspecified atom stereocenters. The smallest absolute Gasteiger partial charge is 0.321 e. The van der Waals surface area contributed by atoms with Gasteiger partial charge in [0.05, 0.1) is 26.1 Å². The molecule has 0 bridgehead atoms. The van der Waals surface area contributed by atoms with Crippen molar-refractivity contribution in [3.8, 4) is 11.5 Å². The highest BCUT2D eigenvalue weighted by Gasteiger charge is 2.18. The van der Waals surface area contributed by atoms with Gasteiger partial charge in [0.15, 0.2) is 11.5 Å². The molecule has 0 radical (unpaired) electrons. The topological polar surface area (TPSA) is 54.0 Å². The van der Waals surface area contributed by atoms with Crippen LogP contribution < -0.4 is 19.7 Å². The normalized spacial score (nSPS) is 12.5. The van der Waals surface area contributed by atoms with E-state index in [1.165, 1.54) is 81.1 Å². The van der Waals surface area contributed by atoms with Crippen molar-refractivity contribution in [2.24, 2.45) is 0 Å². The average Bonchev–Trinajstić information content (AvgIpc) is 3.42. The summed E-state index contributed by atoms with van der Waals surface area (Å²) in [5.41, 5.74) is 3.03. The molecule has 2 aromatic carbocycles. The van der Waals surface area contributed by atoms with Crippen LogP contribution in [-0.2, 0) is 13.1 Å². The predicted octanol–water partition coefficient (Wildman–Crippen LogP) is 10.1. The van der Waals surface area contributed by atoms with Crippen molar-refractivity contribution in [1.29, 1.82) is 0 Å². The lowest BCUT2D eigenvalue weighted by atomic mass is 10.1. The maximum Gasteiger partial charge on any atom is 0.321 e. The van der Waals surface area contributed by atoms with Crippen molar-refractivity contribution in [2.75, 3.05) is 31.5 Å². The van der Waals surface area contributed by atoms with Gasteiger partial charge in [-0.1, -0.05) is 95.8 Å². The molecule has 1 aliphatic heterocycles. The number of urea groups is 1. The molecule has 240 valence electrons. The van der Waals surface area contributed by atoms with Crippen LogP contribution in [0.4, 0.5) is 10.5 Å². The van der Waals surface area contributed by atoms with Crippen LogP contribution in [0.2, 0.25) is 0 Å². The Morgan fingerprint density at radius 3 is 2.19 bits per heavy atom. The predicted molar refractivity (Wildman–Crippen MR) is 189 cm³/mol. The van der Waals surface area contributed by atoms with Gasteiger partial charge in [0.25, 0.3) is 0 Å². The van der Waals surface area contributed by atoms with E-state index in [-0.39, 0.29) is 23.0 Å². The molecule has 2 amide bonds. The monoisotopic (exact) mass is 675 g/mol. The number of hydrogen-bond acceptors (Lipinski definition) is 5. The number of rotatable bonds is 20. The first-order chi connectivity index (χ1) is 20.5. The van der Waals surface area contributed by atoms with E-state index in [2.05, 4.69) is 42.4 Å². The van der Waals surface area contributed by atoms with Crippen molar-refractivity contribution >= 4 is 40.5 Å². The fourth-order valence-corrected chi connectivity index (χ4v) is 6.08. The Labute approximate surface area is 275 Å².